The van der Waals surface area contributed by atoms with Gasteiger partial charge in [0.05, 0.1) is 19.6 Å². The van der Waals surface area contributed by atoms with Crippen molar-refractivity contribution in [2.24, 2.45) is 0 Å². The molecule has 8 heteroatoms. The molecular formula is C18H18N4O3S. The van der Waals surface area contributed by atoms with E-state index in [0.717, 1.165) is 5.69 Å². The average Bonchev–Trinajstić information content (AvgIpc) is 3.01. The summed E-state index contributed by atoms with van der Waals surface area (Å²) in [5.41, 5.74) is 0.921. The Balaban J connectivity index is 1.66. The number of fused-ring (bicyclic) bond motifs is 1. The molecule has 4 rings (SSSR count). The number of nitrogens with zero attached hydrogens (tertiary/aromatic N) is 4. The number of aromatic nitrogens is 3. The first-order valence-corrected chi connectivity index (χ1v) is 9.69. The van der Waals surface area contributed by atoms with Crippen molar-refractivity contribution in [1.29, 1.82) is 0 Å². The summed E-state index contributed by atoms with van der Waals surface area (Å²) in [6.45, 7) is 1.07. The van der Waals surface area contributed by atoms with Crippen LogP contribution in [-0.4, -0.2) is 39.9 Å². The van der Waals surface area contributed by atoms with Gasteiger partial charge in [-0.15, -0.1) is 0 Å². The standard InChI is InChI=1S/C18H18N4O3S/c23-26(24,17-6-3-8-19-11-17)22-12-15-5-4-10-21(15)13-16(14-22)25-18-7-1-2-9-20-18/h1-11,16H,12-14H2/t16-/m1/s1. The van der Waals surface area contributed by atoms with E-state index in [9.17, 15) is 8.42 Å². The zero-order valence-electron chi connectivity index (χ0n) is 14.0. The predicted molar refractivity (Wildman–Crippen MR) is 94.9 cm³/mol. The first-order valence-electron chi connectivity index (χ1n) is 8.25. The second-order valence-corrected chi connectivity index (χ2v) is 7.98. The van der Waals surface area contributed by atoms with E-state index in [2.05, 4.69) is 9.97 Å². The van der Waals surface area contributed by atoms with Gasteiger partial charge in [0.1, 0.15) is 11.0 Å². The van der Waals surface area contributed by atoms with Crippen molar-refractivity contribution >= 4 is 10.0 Å². The quantitative estimate of drug-likeness (QED) is 0.701. The maximum absolute atomic E-state index is 13.1. The number of pyridine rings is 2. The molecule has 0 saturated heterocycles. The Hall–Kier alpha value is -2.71. The number of rotatable bonds is 4. The van der Waals surface area contributed by atoms with Crippen LogP contribution in [0.4, 0.5) is 0 Å². The fourth-order valence-corrected chi connectivity index (χ4v) is 4.42. The maximum atomic E-state index is 13.1. The van der Waals surface area contributed by atoms with E-state index >= 15 is 0 Å². The van der Waals surface area contributed by atoms with Crippen molar-refractivity contribution in [3.8, 4) is 5.88 Å². The van der Waals surface area contributed by atoms with Gasteiger partial charge in [0, 0.05) is 36.5 Å². The van der Waals surface area contributed by atoms with E-state index < -0.39 is 10.0 Å². The van der Waals surface area contributed by atoms with E-state index in [4.69, 9.17) is 4.74 Å². The molecule has 0 N–H and O–H groups in total. The van der Waals surface area contributed by atoms with Crippen LogP contribution >= 0.6 is 0 Å². The number of hydrogen-bond donors (Lipinski definition) is 0. The molecule has 26 heavy (non-hydrogen) atoms. The molecule has 7 nitrogen and oxygen atoms in total. The lowest BCUT2D eigenvalue weighted by Crippen LogP contribution is -2.38. The lowest BCUT2D eigenvalue weighted by Gasteiger charge is -2.24. The summed E-state index contributed by atoms with van der Waals surface area (Å²) in [5, 5.41) is 0. The molecule has 0 fully saturated rings. The number of ether oxygens (including phenoxy) is 1. The van der Waals surface area contributed by atoms with E-state index in [-0.39, 0.29) is 24.1 Å². The zero-order chi connectivity index (χ0) is 18.0. The average molecular weight is 370 g/mol. The van der Waals surface area contributed by atoms with Gasteiger partial charge in [-0.05, 0) is 30.3 Å². The largest absolute Gasteiger partial charge is 0.471 e. The van der Waals surface area contributed by atoms with Gasteiger partial charge in [-0.2, -0.15) is 4.31 Å². The normalized spacial score (nSPS) is 18.1. The first kappa shape index (κ1) is 16.7. The Morgan fingerprint density at radius 2 is 1.96 bits per heavy atom. The molecule has 0 amide bonds. The van der Waals surface area contributed by atoms with Crippen molar-refractivity contribution in [1.82, 2.24) is 18.8 Å². The fraction of sp³-hybridized carbons (Fsp3) is 0.222. The highest BCUT2D eigenvalue weighted by atomic mass is 32.2. The minimum Gasteiger partial charge on any atom is -0.471 e. The van der Waals surface area contributed by atoms with Crippen LogP contribution < -0.4 is 4.74 Å². The molecular weight excluding hydrogens is 352 g/mol. The molecule has 1 aliphatic heterocycles. The van der Waals surface area contributed by atoms with Crippen molar-refractivity contribution < 1.29 is 13.2 Å². The molecule has 0 aromatic carbocycles. The van der Waals surface area contributed by atoms with Gasteiger partial charge in [-0.1, -0.05) is 6.07 Å². The molecule has 0 radical (unpaired) electrons. The summed E-state index contributed by atoms with van der Waals surface area (Å²) >= 11 is 0. The number of hydrogen-bond acceptors (Lipinski definition) is 5. The molecule has 0 bridgehead atoms. The summed E-state index contributed by atoms with van der Waals surface area (Å²) in [4.78, 5) is 8.30. The van der Waals surface area contributed by atoms with Gasteiger partial charge in [0.15, 0.2) is 0 Å². The van der Waals surface area contributed by atoms with Crippen LogP contribution in [0.2, 0.25) is 0 Å². The van der Waals surface area contributed by atoms with Crippen LogP contribution in [0.5, 0.6) is 5.88 Å². The molecule has 4 heterocycles. The van der Waals surface area contributed by atoms with Gasteiger partial charge in [0.2, 0.25) is 15.9 Å². The van der Waals surface area contributed by atoms with Gasteiger partial charge >= 0.3 is 0 Å². The Morgan fingerprint density at radius 3 is 2.73 bits per heavy atom. The summed E-state index contributed by atoms with van der Waals surface area (Å²) in [5.74, 6) is 0.479. The van der Waals surface area contributed by atoms with Crippen molar-refractivity contribution in [3.63, 3.8) is 0 Å². The van der Waals surface area contributed by atoms with Crippen molar-refractivity contribution in [2.75, 3.05) is 6.54 Å². The molecule has 0 unspecified atom stereocenters. The minimum absolute atomic E-state index is 0.177. The second kappa shape index (κ2) is 6.89. The van der Waals surface area contributed by atoms with E-state index in [1.54, 1.807) is 30.6 Å². The fourth-order valence-electron chi connectivity index (χ4n) is 3.01. The molecule has 3 aromatic rings. The Labute approximate surface area is 151 Å². The highest BCUT2D eigenvalue weighted by molar-refractivity contribution is 7.89. The van der Waals surface area contributed by atoms with Gasteiger partial charge in [0.25, 0.3) is 0 Å². The predicted octanol–water partition coefficient (Wildman–Crippen LogP) is 1.93. The van der Waals surface area contributed by atoms with Crippen LogP contribution in [0.25, 0.3) is 0 Å². The molecule has 1 atom stereocenters. The SMILES string of the molecule is O=S(=O)(c1cccnc1)N1Cc2cccn2C[C@@H](Oc2ccccn2)C1. The summed E-state index contributed by atoms with van der Waals surface area (Å²) in [7, 11) is -3.67. The second-order valence-electron chi connectivity index (χ2n) is 6.05. The third-order valence-corrected chi connectivity index (χ3v) is 6.06. The first-order chi connectivity index (χ1) is 12.6. The lowest BCUT2D eigenvalue weighted by molar-refractivity contribution is 0.154. The van der Waals surface area contributed by atoms with Crippen LogP contribution in [0.15, 0.2) is 72.1 Å². The van der Waals surface area contributed by atoms with Crippen molar-refractivity contribution in [2.45, 2.75) is 24.1 Å². The Kier molecular flexibility index (Phi) is 4.44. The summed E-state index contributed by atoms with van der Waals surface area (Å²) in [6, 6.07) is 12.4. The summed E-state index contributed by atoms with van der Waals surface area (Å²) in [6.07, 6.45) is 6.15. The van der Waals surface area contributed by atoms with Gasteiger partial charge in [-0.3, -0.25) is 4.98 Å². The van der Waals surface area contributed by atoms with Crippen LogP contribution in [-0.2, 0) is 23.1 Å². The third-order valence-electron chi connectivity index (χ3n) is 4.27. The maximum Gasteiger partial charge on any atom is 0.245 e. The lowest BCUT2D eigenvalue weighted by atomic mass is 10.3. The molecule has 0 saturated carbocycles. The number of sulfonamides is 1. The smallest absolute Gasteiger partial charge is 0.245 e. The summed E-state index contributed by atoms with van der Waals surface area (Å²) < 4.78 is 35.6. The van der Waals surface area contributed by atoms with Gasteiger partial charge < -0.3 is 9.30 Å². The van der Waals surface area contributed by atoms with Crippen molar-refractivity contribution in [3.05, 3.63) is 72.9 Å². The monoisotopic (exact) mass is 370 g/mol. The van der Waals surface area contributed by atoms with Crippen LogP contribution in [0, 0.1) is 0 Å². The van der Waals surface area contributed by atoms with E-state index in [0.29, 0.717) is 12.4 Å². The Bertz CT molecular complexity index is 974. The molecule has 0 aliphatic carbocycles. The van der Waals surface area contributed by atoms with E-state index in [1.807, 2.05) is 35.0 Å². The molecule has 3 aromatic heterocycles. The molecule has 134 valence electrons. The highest BCUT2D eigenvalue weighted by Gasteiger charge is 2.32. The third kappa shape index (κ3) is 3.33. The Morgan fingerprint density at radius 1 is 1.04 bits per heavy atom. The highest BCUT2D eigenvalue weighted by Crippen LogP contribution is 2.23. The van der Waals surface area contributed by atoms with E-state index in [1.165, 1.54) is 10.5 Å². The van der Waals surface area contributed by atoms with Gasteiger partial charge in [-0.25, -0.2) is 13.4 Å². The zero-order valence-corrected chi connectivity index (χ0v) is 14.8. The molecule has 0 spiro atoms. The van der Waals surface area contributed by atoms with Crippen LogP contribution in [0.3, 0.4) is 0 Å². The molecule has 1 aliphatic rings. The minimum atomic E-state index is -3.67. The topological polar surface area (TPSA) is 77.3 Å². The van der Waals surface area contributed by atoms with Crippen LogP contribution in [0.1, 0.15) is 5.69 Å².